The highest BCUT2D eigenvalue weighted by Crippen LogP contribution is 2.06. The van der Waals surface area contributed by atoms with Crippen molar-refractivity contribution in [3.8, 4) is 0 Å². The van der Waals surface area contributed by atoms with Crippen molar-refractivity contribution in [3.05, 3.63) is 17.5 Å². The van der Waals surface area contributed by atoms with Crippen molar-refractivity contribution >= 4 is 0 Å². The highest BCUT2D eigenvalue weighted by Gasteiger charge is 2.04. The Morgan fingerprint density at radius 3 is 2.62 bits per heavy atom. The fourth-order valence-electron chi connectivity index (χ4n) is 1.56. The molecule has 0 unspecified atom stereocenters. The van der Waals surface area contributed by atoms with Gasteiger partial charge in [-0.2, -0.15) is 5.10 Å². The number of nitrogens with zero attached hydrogens (tertiary/aromatic N) is 2. The predicted octanol–water partition coefficient (Wildman–Crippen LogP) is 1.67. The van der Waals surface area contributed by atoms with Gasteiger partial charge in [-0.05, 0) is 18.9 Å². The Morgan fingerprint density at radius 1 is 1.19 bits per heavy atom. The molecule has 1 aromatic heterocycles. The van der Waals surface area contributed by atoms with Gasteiger partial charge in [0.2, 0.25) is 0 Å². The zero-order valence-corrected chi connectivity index (χ0v) is 10.5. The van der Waals surface area contributed by atoms with E-state index in [1.54, 1.807) is 7.11 Å². The lowest BCUT2D eigenvalue weighted by atomic mass is 10.3. The molecular weight excluding hydrogens is 204 g/mol. The summed E-state index contributed by atoms with van der Waals surface area (Å²) >= 11 is 0. The van der Waals surface area contributed by atoms with E-state index in [-0.39, 0.29) is 0 Å². The van der Waals surface area contributed by atoms with Crippen molar-refractivity contribution in [2.24, 2.45) is 0 Å². The van der Waals surface area contributed by atoms with Crippen molar-refractivity contribution in [2.75, 3.05) is 26.9 Å². The molecule has 0 aromatic carbocycles. The van der Waals surface area contributed by atoms with E-state index in [1.165, 1.54) is 5.69 Å². The molecule has 0 amide bonds. The molecule has 0 atom stereocenters. The molecule has 0 spiro atoms. The summed E-state index contributed by atoms with van der Waals surface area (Å²) in [5.74, 6) is 0. The Morgan fingerprint density at radius 2 is 2.00 bits per heavy atom. The standard InChI is InChI=1S/C12H22N2O2/c1-4-11-10-12(5-2)14(13-11)6-7-16-9-8-15-3/h10H,4-9H2,1-3H3. The van der Waals surface area contributed by atoms with Crippen LogP contribution in [0.5, 0.6) is 0 Å². The second-order valence-electron chi connectivity index (χ2n) is 3.66. The predicted molar refractivity (Wildman–Crippen MR) is 63.7 cm³/mol. The molecule has 0 saturated heterocycles. The molecule has 4 heteroatoms. The van der Waals surface area contributed by atoms with Gasteiger partial charge in [0.1, 0.15) is 0 Å². The Hall–Kier alpha value is -0.870. The normalized spacial score (nSPS) is 10.9. The third-order valence-electron chi connectivity index (χ3n) is 2.52. The molecule has 4 nitrogen and oxygen atoms in total. The smallest absolute Gasteiger partial charge is 0.0701 e. The van der Waals surface area contributed by atoms with Crippen molar-refractivity contribution in [3.63, 3.8) is 0 Å². The average Bonchev–Trinajstić information content (AvgIpc) is 2.71. The lowest BCUT2D eigenvalue weighted by Crippen LogP contribution is -2.12. The molecule has 0 aliphatic carbocycles. The summed E-state index contributed by atoms with van der Waals surface area (Å²) in [7, 11) is 1.68. The number of methoxy groups -OCH3 is 1. The van der Waals surface area contributed by atoms with E-state index in [2.05, 4.69) is 25.0 Å². The quantitative estimate of drug-likeness (QED) is 0.633. The van der Waals surface area contributed by atoms with E-state index in [4.69, 9.17) is 9.47 Å². The number of hydrogen-bond acceptors (Lipinski definition) is 3. The number of ether oxygens (including phenoxy) is 2. The number of hydrogen-bond donors (Lipinski definition) is 0. The Labute approximate surface area is 97.6 Å². The van der Waals surface area contributed by atoms with Gasteiger partial charge in [-0.3, -0.25) is 4.68 Å². The van der Waals surface area contributed by atoms with Crippen LogP contribution in [0.3, 0.4) is 0 Å². The molecule has 0 fully saturated rings. The van der Waals surface area contributed by atoms with Gasteiger partial charge >= 0.3 is 0 Å². The van der Waals surface area contributed by atoms with Gasteiger partial charge in [0.15, 0.2) is 0 Å². The van der Waals surface area contributed by atoms with Crippen molar-refractivity contribution < 1.29 is 9.47 Å². The first-order valence-corrected chi connectivity index (χ1v) is 5.94. The first-order valence-electron chi connectivity index (χ1n) is 5.94. The monoisotopic (exact) mass is 226 g/mol. The zero-order valence-electron chi connectivity index (χ0n) is 10.5. The Kier molecular flexibility index (Phi) is 6.11. The third-order valence-corrected chi connectivity index (χ3v) is 2.52. The van der Waals surface area contributed by atoms with Crippen LogP contribution in [0.15, 0.2) is 6.07 Å². The van der Waals surface area contributed by atoms with Gasteiger partial charge in [0.05, 0.1) is 32.1 Å². The molecule has 0 aliphatic rings. The largest absolute Gasteiger partial charge is 0.382 e. The molecule has 0 bridgehead atoms. The highest BCUT2D eigenvalue weighted by molar-refractivity contribution is 5.10. The van der Waals surface area contributed by atoms with Gasteiger partial charge < -0.3 is 9.47 Å². The lowest BCUT2D eigenvalue weighted by molar-refractivity contribution is 0.0651. The highest BCUT2D eigenvalue weighted by atomic mass is 16.5. The van der Waals surface area contributed by atoms with E-state index in [0.717, 1.165) is 25.1 Å². The summed E-state index contributed by atoms with van der Waals surface area (Å²) in [5.41, 5.74) is 2.45. The van der Waals surface area contributed by atoms with E-state index in [1.807, 2.05) is 4.68 Å². The average molecular weight is 226 g/mol. The molecule has 92 valence electrons. The minimum absolute atomic E-state index is 0.653. The summed E-state index contributed by atoms with van der Waals surface area (Å²) in [6, 6.07) is 2.18. The maximum absolute atomic E-state index is 5.43. The van der Waals surface area contributed by atoms with Crippen LogP contribution in [-0.4, -0.2) is 36.7 Å². The maximum Gasteiger partial charge on any atom is 0.0701 e. The van der Waals surface area contributed by atoms with Crippen molar-refractivity contribution in [1.29, 1.82) is 0 Å². The van der Waals surface area contributed by atoms with Crippen LogP contribution in [0, 0.1) is 0 Å². The summed E-state index contributed by atoms with van der Waals surface area (Å²) < 4.78 is 12.4. The first-order chi connectivity index (χ1) is 7.81. The van der Waals surface area contributed by atoms with Gasteiger partial charge in [0, 0.05) is 12.8 Å². The number of rotatable bonds is 8. The van der Waals surface area contributed by atoms with Gasteiger partial charge in [-0.15, -0.1) is 0 Å². The second-order valence-corrected chi connectivity index (χ2v) is 3.66. The van der Waals surface area contributed by atoms with Crippen LogP contribution < -0.4 is 0 Å². The molecule has 0 N–H and O–H groups in total. The van der Waals surface area contributed by atoms with Crippen LogP contribution in [0.25, 0.3) is 0 Å². The van der Waals surface area contributed by atoms with Gasteiger partial charge in [0.25, 0.3) is 0 Å². The van der Waals surface area contributed by atoms with E-state index in [9.17, 15) is 0 Å². The zero-order chi connectivity index (χ0) is 11.8. The fraction of sp³-hybridized carbons (Fsp3) is 0.750. The van der Waals surface area contributed by atoms with Crippen LogP contribution in [-0.2, 0) is 28.9 Å². The van der Waals surface area contributed by atoms with Crippen LogP contribution >= 0.6 is 0 Å². The van der Waals surface area contributed by atoms with E-state index < -0.39 is 0 Å². The summed E-state index contributed by atoms with van der Waals surface area (Å²) in [6.45, 7) is 7.10. The molecule has 0 radical (unpaired) electrons. The van der Waals surface area contributed by atoms with Gasteiger partial charge in [-0.1, -0.05) is 13.8 Å². The SMILES string of the molecule is CCc1cc(CC)n(CCOCCOC)n1. The molecule has 0 aliphatic heterocycles. The minimum atomic E-state index is 0.653. The minimum Gasteiger partial charge on any atom is -0.382 e. The fourth-order valence-corrected chi connectivity index (χ4v) is 1.56. The molecular formula is C12H22N2O2. The van der Waals surface area contributed by atoms with Gasteiger partial charge in [-0.25, -0.2) is 0 Å². The first kappa shape index (κ1) is 13.2. The summed E-state index contributed by atoms with van der Waals surface area (Å²) in [4.78, 5) is 0. The van der Waals surface area contributed by atoms with Crippen molar-refractivity contribution in [1.82, 2.24) is 9.78 Å². The number of aromatic nitrogens is 2. The summed E-state index contributed by atoms with van der Waals surface area (Å²) in [6.07, 6.45) is 2.01. The van der Waals surface area contributed by atoms with Crippen LogP contribution in [0.2, 0.25) is 0 Å². The van der Waals surface area contributed by atoms with E-state index >= 15 is 0 Å². The lowest BCUT2D eigenvalue weighted by Gasteiger charge is -2.06. The molecule has 1 aromatic rings. The van der Waals surface area contributed by atoms with Crippen molar-refractivity contribution in [2.45, 2.75) is 33.2 Å². The third kappa shape index (κ3) is 3.94. The number of aryl methyl sites for hydroxylation is 2. The molecule has 1 heterocycles. The topological polar surface area (TPSA) is 36.3 Å². The van der Waals surface area contributed by atoms with E-state index in [0.29, 0.717) is 19.8 Å². The second kappa shape index (κ2) is 7.41. The molecule has 1 rings (SSSR count). The maximum atomic E-state index is 5.43. The summed E-state index contributed by atoms with van der Waals surface area (Å²) in [5, 5.41) is 4.52. The van der Waals surface area contributed by atoms with Crippen LogP contribution in [0.1, 0.15) is 25.2 Å². The molecule has 16 heavy (non-hydrogen) atoms. The molecule has 0 saturated carbocycles. The van der Waals surface area contributed by atoms with Crippen LogP contribution in [0.4, 0.5) is 0 Å². The Balaban J connectivity index is 2.37. The Bertz CT molecular complexity index is 297.